The van der Waals surface area contributed by atoms with Crippen LogP contribution in [0.4, 0.5) is 4.39 Å². The molecule has 0 bridgehead atoms. The lowest BCUT2D eigenvalue weighted by Gasteiger charge is -2.16. The van der Waals surface area contributed by atoms with Gasteiger partial charge in [0.15, 0.2) is 0 Å². The Labute approximate surface area is 106 Å². The van der Waals surface area contributed by atoms with E-state index in [1.54, 1.807) is 12.1 Å². The number of ether oxygens (including phenoxy) is 1. The highest BCUT2D eigenvalue weighted by atomic mass is 19.1. The zero-order valence-electron chi connectivity index (χ0n) is 10.3. The Kier molecular flexibility index (Phi) is 6.79. The topological polar surface area (TPSA) is 64.3 Å². The summed E-state index contributed by atoms with van der Waals surface area (Å²) in [4.78, 5) is 10.4. The van der Waals surface area contributed by atoms with Crippen LogP contribution >= 0.6 is 0 Å². The fourth-order valence-corrected chi connectivity index (χ4v) is 1.65. The van der Waals surface area contributed by atoms with Gasteiger partial charge >= 0.3 is 0 Å². The third-order valence-electron chi connectivity index (χ3n) is 2.59. The van der Waals surface area contributed by atoms with Gasteiger partial charge in [0.1, 0.15) is 11.6 Å². The fraction of sp³-hybridized carbons (Fsp3) is 0.462. The van der Waals surface area contributed by atoms with E-state index in [9.17, 15) is 9.18 Å². The zero-order valence-corrected chi connectivity index (χ0v) is 10.3. The lowest BCUT2D eigenvalue weighted by molar-refractivity contribution is -0.110. The number of nitrogens with two attached hydrogens (primary N) is 1. The van der Waals surface area contributed by atoms with Gasteiger partial charge in [-0.15, -0.1) is 0 Å². The molecule has 1 aromatic carbocycles. The quantitative estimate of drug-likeness (QED) is 0.655. The van der Waals surface area contributed by atoms with Crippen molar-refractivity contribution < 1.29 is 13.9 Å². The second-order valence-corrected chi connectivity index (χ2v) is 4.01. The van der Waals surface area contributed by atoms with Crippen LogP contribution in [0.15, 0.2) is 24.3 Å². The van der Waals surface area contributed by atoms with E-state index >= 15 is 0 Å². The van der Waals surface area contributed by atoms with Crippen molar-refractivity contribution in [2.45, 2.75) is 25.3 Å². The van der Waals surface area contributed by atoms with Crippen molar-refractivity contribution in [2.24, 2.45) is 5.73 Å². The van der Waals surface area contributed by atoms with Crippen molar-refractivity contribution in [1.29, 1.82) is 0 Å². The minimum Gasteiger partial charge on any atom is -0.493 e. The van der Waals surface area contributed by atoms with Gasteiger partial charge in [0.25, 0.3) is 0 Å². The van der Waals surface area contributed by atoms with E-state index in [4.69, 9.17) is 10.5 Å². The first kappa shape index (κ1) is 14.4. The second-order valence-electron chi connectivity index (χ2n) is 4.01. The van der Waals surface area contributed by atoms with Crippen LogP contribution in [-0.2, 0) is 4.79 Å². The van der Waals surface area contributed by atoms with Gasteiger partial charge in [-0.25, -0.2) is 4.39 Å². The first-order valence-corrected chi connectivity index (χ1v) is 6.04. The molecule has 0 spiro atoms. The Bertz CT molecular complexity index is 361. The molecule has 3 N–H and O–H groups in total. The number of hydrogen-bond acceptors (Lipinski definition) is 3. The molecule has 0 aliphatic rings. The van der Waals surface area contributed by atoms with Gasteiger partial charge in [-0.1, -0.05) is 6.07 Å². The standard InChI is InChI=1S/C13H19FN2O2/c14-11-3-1-5-13(9-11)18-8-6-12(16-10-17)4-2-7-15/h1,3,5,9-10,12H,2,4,6-8,15H2,(H,16,17). The summed E-state index contributed by atoms with van der Waals surface area (Å²) in [5.41, 5.74) is 5.42. The molecule has 100 valence electrons. The van der Waals surface area contributed by atoms with Gasteiger partial charge < -0.3 is 15.8 Å². The van der Waals surface area contributed by atoms with Crippen LogP contribution in [0.2, 0.25) is 0 Å². The average Bonchev–Trinajstić information content (AvgIpc) is 2.36. The number of hydrogen-bond donors (Lipinski definition) is 2. The van der Waals surface area contributed by atoms with E-state index in [2.05, 4.69) is 5.32 Å². The maximum atomic E-state index is 12.9. The number of halogens is 1. The van der Waals surface area contributed by atoms with Crippen LogP contribution in [0.25, 0.3) is 0 Å². The Balaban J connectivity index is 2.31. The summed E-state index contributed by atoms with van der Waals surface area (Å²) in [7, 11) is 0. The van der Waals surface area contributed by atoms with Crippen molar-refractivity contribution in [3.05, 3.63) is 30.1 Å². The van der Waals surface area contributed by atoms with Gasteiger partial charge in [-0.3, -0.25) is 4.79 Å². The molecule has 1 rings (SSSR count). The number of carbonyl (C=O) groups excluding carboxylic acids is 1. The zero-order chi connectivity index (χ0) is 13.2. The minimum atomic E-state index is -0.321. The summed E-state index contributed by atoms with van der Waals surface area (Å²) in [6.45, 7) is 1.03. The van der Waals surface area contributed by atoms with Crippen molar-refractivity contribution in [3.8, 4) is 5.75 Å². The van der Waals surface area contributed by atoms with Gasteiger partial charge in [0, 0.05) is 18.5 Å². The molecule has 4 nitrogen and oxygen atoms in total. The first-order valence-electron chi connectivity index (χ1n) is 6.04. The van der Waals surface area contributed by atoms with Crippen LogP contribution in [-0.4, -0.2) is 25.6 Å². The molecule has 0 saturated heterocycles. The Morgan fingerprint density at radius 2 is 2.28 bits per heavy atom. The summed E-state index contributed by atoms with van der Waals surface area (Å²) >= 11 is 0. The van der Waals surface area contributed by atoms with E-state index in [0.29, 0.717) is 31.7 Å². The van der Waals surface area contributed by atoms with Gasteiger partial charge in [0.05, 0.1) is 6.61 Å². The molecule has 0 fully saturated rings. The predicted octanol–water partition coefficient (Wildman–Crippen LogP) is 1.45. The van der Waals surface area contributed by atoms with E-state index < -0.39 is 0 Å². The molecule has 1 atom stereocenters. The molecule has 0 aliphatic carbocycles. The predicted molar refractivity (Wildman–Crippen MR) is 67.8 cm³/mol. The molecular weight excluding hydrogens is 235 g/mol. The van der Waals surface area contributed by atoms with E-state index in [-0.39, 0.29) is 11.9 Å². The van der Waals surface area contributed by atoms with Crippen molar-refractivity contribution in [3.63, 3.8) is 0 Å². The van der Waals surface area contributed by atoms with Crippen LogP contribution in [0.5, 0.6) is 5.75 Å². The summed E-state index contributed by atoms with van der Waals surface area (Å²) in [6, 6.07) is 6.05. The highest BCUT2D eigenvalue weighted by Crippen LogP contribution is 2.12. The molecule has 1 unspecified atom stereocenters. The number of amides is 1. The summed E-state index contributed by atoms with van der Waals surface area (Å²) < 4.78 is 18.3. The van der Waals surface area contributed by atoms with E-state index in [0.717, 1.165) is 12.8 Å². The summed E-state index contributed by atoms with van der Waals surface area (Å²) in [6.07, 6.45) is 3.03. The van der Waals surface area contributed by atoms with Crippen LogP contribution in [0.3, 0.4) is 0 Å². The SMILES string of the molecule is NCCCC(CCOc1cccc(F)c1)NC=O. The van der Waals surface area contributed by atoms with Crippen LogP contribution in [0.1, 0.15) is 19.3 Å². The maximum absolute atomic E-state index is 12.9. The summed E-state index contributed by atoms with van der Waals surface area (Å²) in [5.74, 6) is 0.178. The second kappa shape index (κ2) is 8.47. The van der Waals surface area contributed by atoms with Crippen LogP contribution in [0, 0.1) is 5.82 Å². The third-order valence-corrected chi connectivity index (χ3v) is 2.59. The number of benzene rings is 1. The van der Waals surface area contributed by atoms with Crippen LogP contribution < -0.4 is 15.8 Å². The van der Waals surface area contributed by atoms with E-state index in [1.165, 1.54) is 12.1 Å². The molecule has 0 saturated carbocycles. The normalized spacial score (nSPS) is 11.9. The fourth-order valence-electron chi connectivity index (χ4n) is 1.65. The Morgan fingerprint density at radius 3 is 2.94 bits per heavy atom. The average molecular weight is 254 g/mol. The van der Waals surface area contributed by atoms with Crippen molar-refractivity contribution >= 4 is 6.41 Å². The van der Waals surface area contributed by atoms with Gasteiger partial charge in [-0.05, 0) is 31.5 Å². The molecule has 0 radical (unpaired) electrons. The molecule has 1 amide bonds. The smallest absolute Gasteiger partial charge is 0.207 e. The molecular formula is C13H19FN2O2. The Morgan fingerprint density at radius 1 is 1.44 bits per heavy atom. The first-order chi connectivity index (χ1) is 8.76. The molecule has 1 aromatic rings. The van der Waals surface area contributed by atoms with Crippen molar-refractivity contribution in [1.82, 2.24) is 5.32 Å². The van der Waals surface area contributed by atoms with E-state index in [1.807, 2.05) is 0 Å². The maximum Gasteiger partial charge on any atom is 0.207 e. The number of carbonyl (C=O) groups is 1. The highest BCUT2D eigenvalue weighted by molar-refractivity contribution is 5.46. The third kappa shape index (κ3) is 5.63. The summed E-state index contributed by atoms with van der Waals surface area (Å²) in [5, 5.41) is 2.72. The highest BCUT2D eigenvalue weighted by Gasteiger charge is 2.07. The molecule has 0 heterocycles. The van der Waals surface area contributed by atoms with Gasteiger partial charge in [-0.2, -0.15) is 0 Å². The Hall–Kier alpha value is -1.62. The largest absolute Gasteiger partial charge is 0.493 e. The number of nitrogens with one attached hydrogen (secondary N) is 1. The van der Waals surface area contributed by atoms with Gasteiger partial charge in [0.2, 0.25) is 6.41 Å². The monoisotopic (exact) mass is 254 g/mol. The van der Waals surface area contributed by atoms with Crippen molar-refractivity contribution in [2.75, 3.05) is 13.2 Å². The molecule has 5 heteroatoms. The molecule has 18 heavy (non-hydrogen) atoms. The lowest BCUT2D eigenvalue weighted by atomic mass is 10.1. The minimum absolute atomic E-state index is 0.0552. The number of rotatable bonds is 9. The molecule has 0 aliphatic heterocycles. The molecule has 0 aromatic heterocycles. The lowest BCUT2D eigenvalue weighted by Crippen LogP contribution is -2.30.